The van der Waals surface area contributed by atoms with Gasteiger partial charge in [0.1, 0.15) is 0 Å². The zero-order valence-corrected chi connectivity index (χ0v) is 19.3. The van der Waals surface area contributed by atoms with Crippen LogP contribution < -0.4 is 0 Å². The molecule has 1 aliphatic rings. The molecule has 1 heterocycles. The molecule has 4 aromatic rings. The first-order chi connectivity index (χ1) is 16.5. The molecule has 6 heteroatoms. The number of hydrogen-bond acceptors (Lipinski definition) is 4. The standard InChI is InChI=1S/C28H21ClN2O3/c1-34-28(33)22-7-4-8-23-26(22)27-24(31(23)16-19-6-3-2-5-18(19)15-30)13-20(14-25(27)32)17-9-11-21(29)12-10-17/h2-12,20H,13-14,16H2,1H3. The van der Waals surface area contributed by atoms with Gasteiger partial charge in [-0.05, 0) is 53.8 Å². The minimum atomic E-state index is -0.476. The molecule has 1 atom stereocenters. The van der Waals surface area contributed by atoms with E-state index in [4.69, 9.17) is 16.3 Å². The Morgan fingerprint density at radius 1 is 1.09 bits per heavy atom. The van der Waals surface area contributed by atoms with Gasteiger partial charge < -0.3 is 9.30 Å². The average Bonchev–Trinajstić information content (AvgIpc) is 3.18. The molecule has 0 fully saturated rings. The Bertz CT molecular complexity index is 1480. The molecule has 0 aliphatic heterocycles. The van der Waals surface area contributed by atoms with Gasteiger partial charge in [0.15, 0.2) is 5.78 Å². The van der Waals surface area contributed by atoms with Gasteiger partial charge in [-0.1, -0.05) is 48.0 Å². The molecule has 1 aliphatic carbocycles. The smallest absolute Gasteiger partial charge is 0.338 e. The van der Waals surface area contributed by atoms with Gasteiger partial charge in [-0.25, -0.2) is 4.79 Å². The number of nitriles is 1. The molecule has 0 spiro atoms. The number of rotatable bonds is 4. The van der Waals surface area contributed by atoms with Crippen LogP contribution in [0.2, 0.25) is 5.02 Å². The van der Waals surface area contributed by atoms with Crippen LogP contribution in [0.5, 0.6) is 0 Å². The highest BCUT2D eigenvalue weighted by Crippen LogP contribution is 2.40. The third-order valence-electron chi connectivity index (χ3n) is 6.56. The van der Waals surface area contributed by atoms with Crippen molar-refractivity contribution in [1.82, 2.24) is 4.57 Å². The SMILES string of the molecule is COC(=O)c1cccc2c1c1c(n2Cc2ccccc2C#N)CC(c2ccc(Cl)cc2)CC1=O. The zero-order chi connectivity index (χ0) is 23.8. The lowest BCUT2D eigenvalue weighted by atomic mass is 9.81. The van der Waals surface area contributed by atoms with Crippen molar-refractivity contribution in [3.8, 4) is 6.07 Å². The van der Waals surface area contributed by atoms with Gasteiger partial charge in [-0.15, -0.1) is 0 Å². The van der Waals surface area contributed by atoms with E-state index in [-0.39, 0.29) is 11.7 Å². The maximum Gasteiger partial charge on any atom is 0.338 e. The van der Waals surface area contributed by atoms with Crippen molar-refractivity contribution in [2.45, 2.75) is 25.3 Å². The molecule has 1 aromatic heterocycles. The number of nitrogens with zero attached hydrogens (tertiary/aromatic N) is 2. The summed E-state index contributed by atoms with van der Waals surface area (Å²) in [7, 11) is 1.34. The fourth-order valence-electron chi connectivity index (χ4n) is 4.97. The Hall–Kier alpha value is -3.88. The summed E-state index contributed by atoms with van der Waals surface area (Å²) >= 11 is 6.08. The molecular weight excluding hydrogens is 448 g/mol. The fourth-order valence-corrected chi connectivity index (χ4v) is 5.09. The molecule has 3 aromatic carbocycles. The minimum Gasteiger partial charge on any atom is -0.465 e. The lowest BCUT2D eigenvalue weighted by Crippen LogP contribution is -2.21. The van der Waals surface area contributed by atoms with Gasteiger partial charge in [0.05, 0.1) is 29.8 Å². The van der Waals surface area contributed by atoms with E-state index in [0.717, 1.165) is 22.3 Å². The second kappa shape index (κ2) is 8.81. The second-order valence-corrected chi connectivity index (χ2v) is 8.88. The third kappa shape index (κ3) is 3.67. The van der Waals surface area contributed by atoms with Crippen molar-refractivity contribution in [2.24, 2.45) is 0 Å². The molecular formula is C28H21ClN2O3. The largest absolute Gasteiger partial charge is 0.465 e. The van der Waals surface area contributed by atoms with Crippen molar-refractivity contribution < 1.29 is 14.3 Å². The molecule has 1 unspecified atom stereocenters. The van der Waals surface area contributed by atoms with Crippen LogP contribution in [0, 0.1) is 11.3 Å². The summed E-state index contributed by atoms with van der Waals surface area (Å²) in [6, 6.07) is 22.7. The van der Waals surface area contributed by atoms with E-state index in [2.05, 4.69) is 10.6 Å². The second-order valence-electron chi connectivity index (χ2n) is 8.45. The summed E-state index contributed by atoms with van der Waals surface area (Å²) in [6.45, 7) is 0.417. The number of Topliss-reactive ketones (excluding diaryl/α,β-unsaturated/α-hetero) is 1. The molecule has 34 heavy (non-hydrogen) atoms. The van der Waals surface area contributed by atoms with E-state index in [1.165, 1.54) is 7.11 Å². The van der Waals surface area contributed by atoms with Crippen LogP contribution in [0.3, 0.4) is 0 Å². The lowest BCUT2D eigenvalue weighted by Gasteiger charge is -2.24. The van der Waals surface area contributed by atoms with Crippen LogP contribution in [-0.4, -0.2) is 23.4 Å². The molecule has 0 N–H and O–H groups in total. The van der Waals surface area contributed by atoms with Crippen LogP contribution in [0.4, 0.5) is 0 Å². The number of carbonyl (C=O) groups excluding carboxylic acids is 2. The van der Waals surface area contributed by atoms with E-state index in [1.54, 1.807) is 18.2 Å². The molecule has 0 saturated heterocycles. The van der Waals surface area contributed by atoms with Crippen molar-refractivity contribution in [3.63, 3.8) is 0 Å². The summed E-state index contributed by atoms with van der Waals surface area (Å²) in [5, 5.41) is 10.9. The number of hydrogen-bond donors (Lipinski definition) is 0. The van der Waals surface area contributed by atoms with Crippen molar-refractivity contribution in [2.75, 3.05) is 7.11 Å². The van der Waals surface area contributed by atoms with Gasteiger partial charge in [0, 0.05) is 34.6 Å². The molecule has 168 valence electrons. The Kier molecular flexibility index (Phi) is 5.69. The van der Waals surface area contributed by atoms with Crippen molar-refractivity contribution in [1.29, 1.82) is 5.26 Å². The van der Waals surface area contributed by atoms with Crippen molar-refractivity contribution >= 4 is 34.3 Å². The number of benzene rings is 3. The van der Waals surface area contributed by atoms with Crippen LogP contribution in [-0.2, 0) is 17.7 Å². The summed E-state index contributed by atoms with van der Waals surface area (Å²) in [5.41, 5.74) is 5.09. The lowest BCUT2D eigenvalue weighted by molar-refractivity contribution is 0.0603. The Morgan fingerprint density at radius 2 is 1.85 bits per heavy atom. The normalized spacial score (nSPS) is 15.1. The first-order valence-electron chi connectivity index (χ1n) is 11.0. The van der Waals surface area contributed by atoms with Gasteiger partial charge in [-0.2, -0.15) is 5.26 Å². The topological polar surface area (TPSA) is 72.1 Å². The van der Waals surface area contributed by atoms with Gasteiger partial charge in [-0.3, -0.25) is 4.79 Å². The Morgan fingerprint density at radius 3 is 2.59 bits per heavy atom. The number of ether oxygens (including phenoxy) is 1. The highest BCUT2D eigenvalue weighted by Gasteiger charge is 2.34. The summed E-state index contributed by atoms with van der Waals surface area (Å²) in [4.78, 5) is 26.2. The minimum absolute atomic E-state index is 0.00475. The van der Waals surface area contributed by atoms with E-state index in [1.807, 2.05) is 48.5 Å². The van der Waals surface area contributed by atoms with Crippen LogP contribution in [0.15, 0.2) is 66.7 Å². The van der Waals surface area contributed by atoms with Crippen LogP contribution in [0.25, 0.3) is 10.9 Å². The number of esters is 1. The maximum atomic E-state index is 13.6. The van der Waals surface area contributed by atoms with E-state index >= 15 is 0 Å². The van der Waals surface area contributed by atoms with E-state index in [0.29, 0.717) is 46.5 Å². The summed E-state index contributed by atoms with van der Waals surface area (Å²) in [5.74, 6) is -0.487. The first kappa shape index (κ1) is 21.9. The number of ketones is 1. The molecule has 0 saturated carbocycles. The quantitative estimate of drug-likeness (QED) is 0.349. The highest BCUT2D eigenvalue weighted by atomic mass is 35.5. The predicted octanol–water partition coefficient (Wildman–Crippen LogP) is 5.91. The highest BCUT2D eigenvalue weighted by molar-refractivity contribution is 6.30. The number of carbonyl (C=O) groups is 2. The number of methoxy groups -OCH3 is 1. The van der Waals surface area contributed by atoms with E-state index < -0.39 is 5.97 Å². The first-order valence-corrected chi connectivity index (χ1v) is 11.4. The maximum absolute atomic E-state index is 13.6. The predicted molar refractivity (Wildman–Crippen MR) is 130 cm³/mol. The van der Waals surface area contributed by atoms with Gasteiger partial charge in [0.2, 0.25) is 0 Å². The van der Waals surface area contributed by atoms with Crippen LogP contribution in [0.1, 0.15) is 55.4 Å². The molecule has 0 bridgehead atoms. The average molecular weight is 469 g/mol. The Balaban J connectivity index is 1.73. The van der Waals surface area contributed by atoms with Gasteiger partial charge >= 0.3 is 5.97 Å². The summed E-state index contributed by atoms with van der Waals surface area (Å²) in [6.07, 6.45) is 0.977. The molecule has 5 rings (SSSR count). The number of fused-ring (bicyclic) bond motifs is 3. The van der Waals surface area contributed by atoms with Crippen molar-refractivity contribution in [3.05, 3.63) is 105 Å². The summed E-state index contributed by atoms with van der Waals surface area (Å²) < 4.78 is 7.10. The number of halogens is 1. The molecule has 0 radical (unpaired) electrons. The third-order valence-corrected chi connectivity index (χ3v) is 6.81. The Labute approximate surface area is 202 Å². The number of aromatic nitrogens is 1. The monoisotopic (exact) mass is 468 g/mol. The molecule has 5 nitrogen and oxygen atoms in total. The zero-order valence-electron chi connectivity index (χ0n) is 18.5. The van der Waals surface area contributed by atoms with Gasteiger partial charge in [0.25, 0.3) is 0 Å². The van der Waals surface area contributed by atoms with Crippen LogP contribution >= 0.6 is 11.6 Å². The van der Waals surface area contributed by atoms with E-state index in [9.17, 15) is 14.9 Å². The molecule has 0 amide bonds. The fraction of sp³-hybridized carbons (Fsp3) is 0.179.